The second-order valence-corrected chi connectivity index (χ2v) is 7.28. The van der Waals surface area contributed by atoms with Gasteiger partial charge in [0.1, 0.15) is 0 Å². The molecule has 0 aromatic heterocycles. The molecule has 0 heterocycles. The molecule has 22 heavy (non-hydrogen) atoms. The summed E-state index contributed by atoms with van der Waals surface area (Å²) in [5.74, 6) is 0. The molecule has 1 atom stereocenters. The van der Waals surface area contributed by atoms with Crippen molar-refractivity contribution < 1.29 is 4.74 Å². The van der Waals surface area contributed by atoms with Gasteiger partial charge >= 0.3 is 0 Å². The molecular weight excluding hydrogens is 268 g/mol. The molecule has 0 N–H and O–H groups in total. The first kappa shape index (κ1) is 22.0. The van der Waals surface area contributed by atoms with Crippen LogP contribution in [0.4, 0.5) is 0 Å². The van der Waals surface area contributed by atoms with Crippen LogP contribution < -0.4 is 0 Å². The van der Waals surface area contributed by atoms with Gasteiger partial charge in [-0.2, -0.15) is 0 Å². The first-order valence-electron chi connectivity index (χ1n) is 10.0. The van der Waals surface area contributed by atoms with E-state index in [2.05, 4.69) is 20.8 Å². The zero-order chi connectivity index (χ0) is 16.5. The predicted octanol–water partition coefficient (Wildman–Crippen LogP) is 7.34. The Kier molecular flexibility index (Phi) is 15.8. The van der Waals surface area contributed by atoms with Gasteiger partial charge in [-0.3, -0.25) is 0 Å². The summed E-state index contributed by atoms with van der Waals surface area (Å²) in [6.45, 7) is 9.97. The summed E-state index contributed by atoms with van der Waals surface area (Å²) in [4.78, 5) is 0. The van der Waals surface area contributed by atoms with Crippen LogP contribution in [0.3, 0.4) is 0 Å². The predicted molar refractivity (Wildman–Crippen MR) is 100 cm³/mol. The molecule has 0 amide bonds. The largest absolute Gasteiger partial charge is 0.385 e. The van der Waals surface area contributed by atoms with Crippen LogP contribution in [0.25, 0.3) is 0 Å². The number of hydrogen-bond acceptors (Lipinski definition) is 1. The molecule has 0 aliphatic carbocycles. The molecular formula is C21H43O. The fraction of sp³-hybridized carbons (Fsp3) is 0.952. The third-order valence-electron chi connectivity index (χ3n) is 4.96. The van der Waals surface area contributed by atoms with Crippen LogP contribution in [-0.2, 0) is 4.74 Å². The van der Waals surface area contributed by atoms with E-state index in [0.29, 0.717) is 0 Å². The molecule has 0 fully saturated rings. The third kappa shape index (κ3) is 13.6. The van der Waals surface area contributed by atoms with Gasteiger partial charge in [0.25, 0.3) is 0 Å². The van der Waals surface area contributed by atoms with Gasteiger partial charge in [-0.05, 0) is 31.6 Å². The van der Waals surface area contributed by atoms with E-state index in [-0.39, 0.29) is 5.41 Å². The Morgan fingerprint density at radius 1 is 0.636 bits per heavy atom. The molecule has 1 radical (unpaired) electrons. The van der Waals surface area contributed by atoms with Crippen LogP contribution >= 0.6 is 0 Å². The summed E-state index contributed by atoms with van der Waals surface area (Å²) in [5, 5.41) is 0. The lowest BCUT2D eigenvalue weighted by Gasteiger charge is -2.29. The van der Waals surface area contributed by atoms with Crippen molar-refractivity contribution in [2.45, 2.75) is 110 Å². The van der Waals surface area contributed by atoms with Crippen molar-refractivity contribution in [1.82, 2.24) is 0 Å². The molecule has 0 aromatic rings. The minimum Gasteiger partial charge on any atom is -0.385 e. The zero-order valence-corrected chi connectivity index (χ0v) is 15.9. The number of unbranched alkanes of at least 4 members (excludes halogenated alkanes) is 10. The smallest absolute Gasteiger partial charge is 0.0467 e. The van der Waals surface area contributed by atoms with E-state index in [1.165, 1.54) is 89.9 Å². The van der Waals surface area contributed by atoms with Crippen LogP contribution in [0.15, 0.2) is 0 Å². The van der Waals surface area contributed by atoms with Crippen molar-refractivity contribution >= 4 is 0 Å². The van der Waals surface area contributed by atoms with Gasteiger partial charge in [-0.1, -0.05) is 90.9 Å². The minimum atomic E-state index is 0.270. The lowest BCUT2D eigenvalue weighted by Crippen LogP contribution is -2.19. The van der Waals surface area contributed by atoms with Gasteiger partial charge in [0.15, 0.2) is 0 Å². The highest BCUT2D eigenvalue weighted by molar-refractivity contribution is 4.81. The number of hydrogen-bond donors (Lipinski definition) is 0. The van der Waals surface area contributed by atoms with Crippen molar-refractivity contribution in [3.63, 3.8) is 0 Å². The molecule has 0 spiro atoms. The van der Waals surface area contributed by atoms with E-state index < -0.39 is 0 Å². The standard InChI is InChI=1S/C21H43O/c1-5-7-9-10-11-12-13-14-15-16-18-21(3,17-8-6-2)19-20-22-4/h3,5-20H2,1-2,4H3. The van der Waals surface area contributed by atoms with E-state index in [9.17, 15) is 0 Å². The van der Waals surface area contributed by atoms with Crippen LogP contribution in [0.5, 0.6) is 0 Å². The monoisotopic (exact) mass is 311 g/mol. The summed E-state index contributed by atoms with van der Waals surface area (Å²) < 4.78 is 5.28. The molecule has 1 nitrogen and oxygen atoms in total. The summed E-state index contributed by atoms with van der Waals surface area (Å²) >= 11 is 0. The second kappa shape index (κ2) is 15.8. The SMILES string of the molecule is [CH2]C(CCCC)(CCCCCCCCCCCC)CCOC. The van der Waals surface area contributed by atoms with E-state index in [1.807, 2.05) is 0 Å². The average Bonchev–Trinajstić information content (AvgIpc) is 2.53. The maximum Gasteiger partial charge on any atom is 0.0467 e. The van der Waals surface area contributed by atoms with E-state index in [4.69, 9.17) is 4.74 Å². The van der Waals surface area contributed by atoms with Gasteiger partial charge in [-0.15, -0.1) is 0 Å². The Morgan fingerprint density at radius 2 is 1.09 bits per heavy atom. The van der Waals surface area contributed by atoms with Crippen LogP contribution in [0.2, 0.25) is 0 Å². The first-order valence-corrected chi connectivity index (χ1v) is 10.0. The Balaban J connectivity index is 3.58. The molecule has 133 valence electrons. The fourth-order valence-electron chi connectivity index (χ4n) is 3.23. The van der Waals surface area contributed by atoms with Crippen LogP contribution in [-0.4, -0.2) is 13.7 Å². The quantitative estimate of drug-likeness (QED) is 0.255. The van der Waals surface area contributed by atoms with Gasteiger partial charge in [-0.25, -0.2) is 0 Å². The first-order chi connectivity index (χ1) is 10.7. The van der Waals surface area contributed by atoms with Gasteiger partial charge < -0.3 is 4.74 Å². The van der Waals surface area contributed by atoms with Crippen LogP contribution in [0.1, 0.15) is 110 Å². The molecule has 1 heteroatoms. The highest BCUT2D eigenvalue weighted by Crippen LogP contribution is 2.34. The number of methoxy groups -OCH3 is 1. The summed E-state index contributed by atoms with van der Waals surface area (Å²) in [6, 6.07) is 0. The normalized spacial score (nSPS) is 14.2. The van der Waals surface area contributed by atoms with Crippen molar-refractivity contribution in [2.24, 2.45) is 5.41 Å². The third-order valence-corrected chi connectivity index (χ3v) is 4.96. The lowest BCUT2D eigenvalue weighted by atomic mass is 9.77. The van der Waals surface area contributed by atoms with Gasteiger partial charge in [0, 0.05) is 13.7 Å². The molecule has 0 aliphatic rings. The van der Waals surface area contributed by atoms with E-state index >= 15 is 0 Å². The van der Waals surface area contributed by atoms with E-state index in [1.54, 1.807) is 7.11 Å². The maximum absolute atomic E-state index is 5.28. The highest BCUT2D eigenvalue weighted by Gasteiger charge is 2.22. The molecule has 0 saturated heterocycles. The summed E-state index contributed by atoms with van der Waals surface area (Å²) in [7, 11) is 1.81. The lowest BCUT2D eigenvalue weighted by molar-refractivity contribution is 0.142. The van der Waals surface area contributed by atoms with Crippen molar-refractivity contribution in [2.75, 3.05) is 13.7 Å². The summed E-state index contributed by atoms with van der Waals surface area (Å²) in [5.41, 5.74) is 0.270. The Labute approximate surface area is 141 Å². The van der Waals surface area contributed by atoms with Crippen molar-refractivity contribution in [3.8, 4) is 0 Å². The zero-order valence-electron chi connectivity index (χ0n) is 15.9. The topological polar surface area (TPSA) is 9.23 Å². The van der Waals surface area contributed by atoms with Gasteiger partial charge in [0.2, 0.25) is 0 Å². The maximum atomic E-state index is 5.28. The Hall–Kier alpha value is -0.0400. The van der Waals surface area contributed by atoms with Crippen molar-refractivity contribution in [3.05, 3.63) is 6.92 Å². The molecule has 0 aromatic carbocycles. The summed E-state index contributed by atoms with van der Waals surface area (Å²) in [6.07, 6.45) is 20.4. The average molecular weight is 312 g/mol. The van der Waals surface area contributed by atoms with Gasteiger partial charge in [0.05, 0.1) is 0 Å². The molecule has 0 bridgehead atoms. The van der Waals surface area contributed by atoms with Crippen LogP contribution in [0, 0.1) is 12.3 Å². The molecule has 1 unspecified atom stereocenters. The Morgan fingerprint density at radius 3 is 1.59 bits per heavy atom. The number of ether oxygens (including phenoxy) is 1. The fourth-order valence-corrected chi connectivity index (χ4v) is 3.23. The highest BCUT2D eigenvalue weighted by atomic mass is 16.5. The minimum absolute atomic E-state index is 0.270. The molecule has 0 aliphatic heterocycles. The molecule has 0 rings (SSSR count). The second-order valence-electron chi connectivity index (χ2n) is 7.28. The number of rotatable bonds is 17. The molecule has 0 saturated carbocycles. The van der Waals surface area contributed by atoms with E-state index in [0.717, 1.165) is 13.0 Å². The Bertz CT molecular complexity index is 204. The van der Waals surface area contributed by atoms with Crippen molar-refractivity contribution in [1.29, 1.82) is 0 Å².